The summed E-state index contributed by atoms with van der Waals surface area (Å²) in [5, 5.41) is 10.3. The minimum atomic E-state index is -0.405. The lowest BCUT2D eigenvalue weighted by molar-refractivity contribution is 0.306. The monoisotopic (exact) mass is 338 g/mol. The Kier molecular flexibility index (Phi) is 4.93. The number of para-hydroxylation sites is 1. The number of hydrogen-bond acceptors (Lipinski definition) is 5. The van der Waals surface area contributed by atoms with Crippen LogP contribution in [0.15, 0.2) is 70.7 Å². The van der Waals surface area contributed by atoms with E-state index in [1.54, 1.807) is 0 Å². The van der Waals surface area contributed by atoms with Crippen molar-refractivity contribution in [2.45, 2.75) is 6.61 Å². The molecule has 0 aliphatic rings. The first-order chi connectivity index (χ1) is 11.7. The van der Waals surface area contributed by atoms with Crippen molar-refractivity contribution in [3.05, 3.63) is 87.0 Å². The highest BCUT2D eigenvalue weighted by Gasteiger charge is 2.02. The van der Waals surface area contributed by atoms with Crippen molar-refractivity contribution in [1.29, 1.82) is 0 Å². The molecular formula is C17H14N4O2S. The van der Waals surface area contributed by atoms with Crippen LogP contribution in [0, 0.1) is 4.77 Å². The smallest absolute Gasteiger partial charge is 0.293 e. The first-order valence-corrected chi connectivity index (χ1v) is 7.62. The third-order valence-corrected chi connectivity index (χ3v) is 3.47. The third-order valence-electron chi connectivity index (χ3n) is 3.20. The maximum Gasteiger partial charge on any atom is 0.293 e. The molecule has 0 fully saturated rings. The second kappa shape index (κ2) is 7.47. The van der Waals surface area contributed by atoms with Crippen LogP contribution in [-0.2, 0) is 6.61 Å². The Balaban J connectivity index is 1.83. The Morgan fingerprint density at radius 1 is 1.17 bits per heavy atom. The van der Waals surface area contributed by atoms with E-state index >= 15 is 0 Å². The average molecular weight is 338 g/mol. The zero-order chi connectivity index (χ0) is 16.8. The molecule has 0 unspecified atom stereocenters. The zero-order valence-electron chi connectivity index (χ0n) is 12.6. The summed E-state index contributed by atoms with van der Waals surface area (Å²) < 4.78 is 7.04. The minimum Gasteiger partial charge on any atom is -0.488 e. The Hall–Kier alpha value is -3.06. The molecule has 0 saturated heterocycles. The minimum absolute atomic E-state index is 0.126. The van der Waals surface area contributed by atoms with Crippen molar-refractivity contribution in [3.8, 4) is 5.75 Å². The van der Waals surface area contributed by atoms with Crippen molar-refractivity contribution in [1.82, 2.24) is 14.9 Å². The number of H-pyrrole nitrogens is 1. The summed E-state index contributed by atoms with van der Waals surface area (Å²) in [5.41, 5.74) is 1.40. The summed E-state index contributed by atoms with van der Waals surface area (Å²) in [6, 6.07) is 17.3. The highest BCUT2D eigenvalue weighted by molar-refractivity contribution is 7.71. The van der Waals surface area contributed by atoms with Crippen molar-refractivity contribution < 1.29 is 4.74 Å². The number of nitrogens with one attached hydrogen (secondary N) is 1. The zero-order valence-corrected chi connectivity index (χ0v) is 13.4. The lowest BCUT2D eigenvalue weighted by Crippen LogP contribution is -2.18. The van der Waals surface area contributed by atoms with Gasteiger partial charge >= 0.3 is 0 Å². The summed E-state index contributed by atoms with van der Waals surface area (Å²) in [6.07, 6.45) is 2.65. The van der Waals surface area contributed by atoms with Gasteiger partial charge in [-0.2, -0.15) is 14.9 Å². The lowest BCUT2D eigenvalue weighted by atomic mass is 10.2. The summed E-state index contributed by atoms with van der Waals surface area (Å²) in [6.45, 7) is 0.445. The van der Waals surface area contributed by atoms with E-state index < -0.39 is 5.56 Å². The summed E-state index contributed by atoms with van der Waals surface area (Å²) in [7, 11) is 0. The Labute approximate surface area is 143 Å². The van der Waals surface area contributed by atoms with Gasteiger partial charge in [-0.15, -0.1) is 0 Å². The van der Waals surface area contributed by atoms with Crippen molar-refractivity contribution in [3.63, 3.8) is 0 Å². The third kappa shape index (κ3) is 3.82. The Morgan fingerprint density at radius 3 is 2.71 bits per heavy atom. The van der Waals surface area contributed by atoms with Crippen LogP contribution in [0.25, 0.3) is 0 Å². The highest BCUT2D eigenvalue weighted by Crippen LogP contribution is 2.17. The van der Waals surface area contributed by atoms with Crippen LogP contribution in [-0.4, -0.2) is 21.1 Å². The van der Waals surface area contributed by atoms with Crippen molar-refractivity contribution in [2.75, 3.05) is 0 Å². The molecule has 7 heteroatoms. The maximum absolute atomic E-state index is 11.7. The quantitative estimate of drug-likeness (QED) is 0.573. The van der Waals surface area contributed by atoms with Gasteiger partial charge < -0.3 is 4.74 Å². The topological polar surface area (TPSA) is 72.3 Å². The van der Waals surface area contributed by atoms with Crippen LogP contribution < -0.4 is 10.3 Å². The average Bonchev–Trinajstić information content (AvgIpc) is 2.61. The maximum atomic E-state index is 11.7. The number of nitrogens with zero attached hydrogens (tertiary/aromatic N) is 3. The molecule has 3 rings (SSSR count). The Morgan fingerprint density at radius 2 is 1.92 bits per heavy atom. The number of aromatic nitrogens is 3. The van der Waals surface area contributed by atoms with Crippen LogP contribution in [0.3, 0.4) is 0 Å². The molecule has 1 aromatic heterocycles. The second-order valence-corrected chi connectivity index (χ2v) is 5.27. The molecule has 0 aliphatic heterocycles. The van der Waals surface area contributed by atoms with Gasteiger partial charge in [0.1, 0.15) is 18.6 Å². The van der Waals surface area contributed by atoms with Gasteiger partial charge in [0, 0.05) is 5.56 Å². The Bertz CT molecular complexity index is 936. The van der Waals surface area contributed by atoms with Gasteiger partial charge in [0.15, 0.2) is 0 Å². The molecule has 0 atom stereocenters. The van der Waals surface area contributed by atoms with E-state index in [-0.39, 0.29) is 4.77 Å². The van der Waals surface area contributed by atoms with Gasteiger partial charge in [0.05, 0.1) is 6.21 Å². The van der Waals surface area contributed by atoms with E-state index in [0.29, 0.717) is 12.4 Å². The molecule has 120 valence electrons. The van der Waals surface area contributed by atoms with E-state index in [0.717, 1.165) is 22.0 Å². The molecule has 0 spiro atoms. The molecule has 3 aromatic rings. The van der Waals surface area contributed by atoms with Gasteiger partial charge in [-0.3, -0.25) is 9.89 Å². The number of rotatable bonds is 5. The van der Waals surface area contributed by atoms with E-state index in [9.17, 15) is 4.79 Å². The predicted molar refractivity (Wildman–Crippen MR) is 93.9 cm³/mol. The van der Waals surface area contributed by atoms with Gasteiger partial charge in [-0.1, -0.05) is 42.5 Å². The summed E-state index contributed by atoms with van der Waals surface area (Å²) >= 11 is 5.00. The van der Waals surface area contributed by atoms with Crippen LogP contribution in [0.4, 0.5) is 0 Å². The fourth-order valence-electron chi connectivity index (χ4n) is 2.03. The molecule has 2 aromatic carbocycles. The molecule has 6 nitrogen and oxygen atoms in total. The van der Waals surface area contributed by atoms with Gasteiger partial charge in [-0.05, 0) is 29.9 Å². The molecule has 0 saturated carbocycles. The molecule has 1 N–H and O–H groups in total. The molecule has 24 heavy (non-hydrogen) atoms. The number of hydrogen-bond donors (Lipinski definition) is 1. The highest BCUT2D eigenvalue weighted by atomic mass is 32.1. The molecule has 0 radical (unpaired) electrons. The molecular weight excluding hydrogens is 324 g/mol. The van der Waals surface area contributed by atoms with E-state index in [4.69, 9.17) is 17.0 Å². The first kappa shape index (κ1) is 15.8. The fraction of sp³-hybridized carbons (Fsp3) is 0.0588. The van der Waals surface area contributed by atoms with Gasteiger partial charge in [-0.25, -0.2) is 0 Å². The van der Waals surface area contributed by atoms with Crippen LogP contribution in [0.2, 0.25) is 0 Å². The normalized spacial score (nSPS) is 10.8. The second-order valence-electron chi connectivity index (χ2n) is 4.88. The van der Waals surface area contributed by atoms with E-state index in [1.165, 1.54) is 6.21 Å². The number of ether oxygens (including phenoxy) is 1. The molecule has 0 bridgehead atoms. The lowest BCUT2D eigenvalue weighted by Gasteiger charge is -2.09. The van der Waals surface area contributed by atoms with Gasteiger partial charge in [0.25, 0.3) is 5.56 Å². The summed E-state index contributed by atoms with van der Waals surface area (Å²) in [4.78, 5) is 11.7. The van der Waals surface area contributed by atoms with Crippen LogP contribution in [0.1, 0.15) is 11.1 Å². The van der Waals surface area contributed by atoms with Crippen molar-refractivity contribution >= 4 is 18.4 Å². The molecule has 0 amide bonds. The molecule has 1 heterocycles. The van der Waals surface area contributed by atoms with Crippen LogP contribution >= 0.6 is 12.2 Å². The fourth-order valence-corrected chi connectivity index (χ4v) is 2.22. The number of benzene rings is 2. The van der Waals surface area contributed by atoms with Crippen molar-refractivity contribution in [2.24, 2.45) is 5.10 Å². The summed E-state index contributed by atoms with van der Waals surface area (Å²) in [5.74, 6) is 0.669. The van der Waals surface area contributed by atoms with E-state index in [1.807, 2.05) is 54.6 Å². The standard InChI is InChI=1S/C17H14N4O2S/c22-16-11-18-20-17(24)21(16)19-10-14-8-4-5-9-15(14)23-12-13-6-2-1-3-7-13/h1-11H,12H2,(H,20,24)/b19-10-. The predicted octanol–water partition coefficient (Wildman–Crippen LogP) is 2.76. The molecule has 0 aliphatic carbocycles. The van der Waals surface area contributed by atoms with Crippen LogP contribution in [0.5, 0.6) is 5.75 Å². The number of aromatic amines is 1. The van der Waals surface area contributed by atoms with E-state index in [2.05, 4.69) is 15.3 Å². The SMILES string of the molecule is O=c1cn[nH]c(=S)n1/N=C\c1ccccc1OCc1ccccc1. The largest absolute Gasteiger partial charge is 0.488 e. The van der Waals surface area contributed by atoms with Gasteiger partial charge in [0.2, 0.25) is 4.77 Å². The first-order valence-electron chi connectivity index (χ1n) is 7.21.